The monoisotopic (exact) mass is 474 g/mol. The molecule has 5 aromatic rings. The maximum Gasteiger partial charge on any atom is 0.260 e. The summed E-state index contributed by atoms with van der Waals surface area (Å²) in [7, 11) is 0. The van der Waals surface area contributed by atoms with E-state index in [-0.39, 0.29) is 32.7 Å². The average molecular weight is 475 g/mol. The number of rotatable bonds is 4. The lowest BCUT2D eigenvalue weighted by Crippen LogP contribution is -2.16. The molecule has 5 rings (SSSR count). The Morgan fingerprint density at radius 3 is 2.76 bits per heavy atom. The van der Waals surface area contributed by atoms with Gasteiger partial charge < -0.3 is 15.6 Å². The van der Waals surface area contributed by atoms with E-state index < -0.39 is 11.7 Å². The number of pyridine rings is 2. The number of aromatic amines is 1. The van der Waals surface area contributed by atoms with Crippen molar-refractivity contribution in [2.75, 3.05) is 10.6 Å². The van der Waals surface area contributed by atoms with Crippen molar-refractivity contribution >= 4 is 56.4 Å². The minimum Gasteiger partial charge on any atom is -0.337 e. The molecule has 0 aliphatic rings. The van der Waals surface area contributed by atoms with E-state index in [1.54, 1.807) is 24.4 Å². The van der Waals surface area contributed by atoms with Gasteiger partial charge in [0.15, 0.2) is 5.82 Å². The molecule has 10 heteroatoms. The molecule has 8 nitrogen and oxygen atoms in total. The van der Waals surface area contributed by atoms with E-state index in [1.165, 1.54) is 24.8 Å². The number of nitrogens with zero attached hydrogens (tertiary/aromatic N) is 3. The minimum absolute atomic E-state index is 0.00910. The van der Waals surface area contributed by atoms with E-state index in [4.69, 9.17) is 11.6 Å². The van der Waals surface area contributed by atoms with Crippen LogP contribution in [0.3, 0.4) is 0 Å². The lowest BCUT2D eigenvalue weighted by molar-refractivity contribution is 0.102. The first-order valence-electron chi connectivity index (χ1n) is 10.2. The van der Waals surface area contributed by atoms with E-state index in [0.29, 0.717) is 22.3 Å². The molecule has 2 aromatic carbocycles. The maximum absolute atomic E-state index is 14.4. The number of H-pyrrole nitrogens is 1. The van der Waals surface area contributed by atoms with Crippen LogP contribution in [-0.4, -0.2) is 25.8 Å². The van der Waals surface area contributed by atoms with E-state index in [2.05, 4.69) is 30.6 Å². The zero-order valence-corrected chi connectivity index (χ0v) is 18.4. The second kappa shape index (κ2) is 8.53. The normalized spacial score (nSPS) is 11.0. The number of halogens is 2. The summed E-state index contributed by atoms with van der Waals surface area (Å²) in [5.41, 5.74) is 1.54. The van der Waals surface area contributed by atoms with Gasteiger partial charge >= 0.3 is 0 Å². The fourth-order valence-electron chi connectivity index (χ4n) is 3.70. The summed E-state index contributed by atoms with van der Waals surface area (Å²) in [6.45, 7) is 1.85. The molecule has 0 atom stereocenters. The van der Waals surface area contributed by atoms with Crippen LogP contribution < -0.4 is 16.2 Å². The molecular weight excluding hydrogens is 459 g/mol. The van der Waals surface area contributed by atoms with Crippen LogP contribution in [0, 0.1) is 12.7 Å². The van der Waals surface area contributed by atoms with Crippen LogP contribution >= 0.6 is 11.6 Å². The third-order valence-electron chi connectivity index (χ3n) is 5.39. The van der Waals surface area contributed by atoms with Gasteiger partial charge in [0.1, 0.15) is 5.82 Å². The van der Waals surface area contributed by atoms with E-state index in [0.717, 1.165) is 5.56 Å². The van der Waals surface area contributed by atoms with Gasteiger partial charge in [0.2, 0.25) is 0 Å². The number of aromatic nitrogens is 4. The third kappa shape index (κ3) is 3.71. The smallest absolute Gasteiger partial charge is 0.260 e. The highest BCUT2D eigenvalue weighted by Crippen LogP contribution is 2.33. The number of hydrogen-bond donors (Lipinski definition) is 3. The van der Waals surface area contributed by atoms with Crippen LogP contribution in [0.25, 0.3) is 21.7 Å². The number of benzene rings is 2. The van der Waals surface area contributed by atoms with Gasteiger partial charge in [0, 0.05) is 29.4 Å². The second-order valence-corrected chi connectivity index (χ2v) is 7.91. The van der Waals surface area contributed by atoms with Gasteiger partial charge in [-0.1, -0.05) is 29.8 Å². The van der Waals surface area contributed by atoms with Gasteiger partial charge in [-0.05, 0) is 30.7 Å². The molecule has 168 valence electrons. The molecule has 3 aromatic heterocycles. The van der Waals surface area contributed by atoms with Gasteiger partial charge in [-0.15, -0.1) is 0 Å². The number of aryl methyl sites for hydroxylation is 1. The summed E-state index contributed by atoms with van der Waals surface area (Å²) >= 11 is 5.90. The molecule has 0 saturated heterocycles. The van der Waals surface area contributed by atoms with Crippen molar-refractivity contribution in [3.05, 3.63) is 93.6 Å². The Balaban J connectivity index is 1.57. The number of nitrogens with one attached hydrogen (secondary N) is 3. The molecule has 0 spiro atoms. The average Bonchev–Trinajstić information content (AvgIpc) is 2.84. The standard InChI is InChI=1S/C24H16ClFN6O2/c1-12-5-6-14-13(7-8-28-22(14)31-18-4-2-3-17(25)19(18)26)20(12)32-24(34)16-10-27-9-15-21(16)29-11-30-23(15)33/h2-11H,1H3,(H,28,31)(H,32,34)(H,29,30,33). The van der Waals surface area contributed by atoms with Crippen molar-refractivity contribution in [1.29, 1.82) is 0 Å². The quantitative estimate of drug-likeness (QED) is 0.339. The molecular formula is C24H16ClFN6O2. The summed E-state index contributed by atoms with van der Waals surface area (Å²) in [6.07, 6.45) is 5.52. The molecule has 3 N–H and O–H groups in total. The van der Waals surface area contributed by atoms with Crippen LogP contribution in [0.1, 0.15) is 15.9 Å². The van der Waals surface area contributed by atoms with Crippen molar-refractivity contribution in [2.24, 2.45) is 0 Å². The topological polar surface area (TPSA) is 113 Å². The van der Waals surface area contributed by atoms with Crippen molar-refractivity contribution in [3.63, 3.8) is 0 Å². The zero-order chi connectivity index (χ0) is 23.8. The molecule has 1 amide bonds. The third-order valence-corrected chi connectivity index (χ3v) is 5.68. The Kier molecular flexibility index (Phi) is 5.39. The highest BCUT2D eigenvalue weighted by atomic mass is 35.5. The fourth-order valence-corrected chi connectivity index (χ4v) is 3.87. The van der Waals surface area contributed by atoms with E-state index >= 15 is 0 Å². The summed E-state index contributed by atoms with van der Waals surface area (Å²) in [6, 6.07) is 10.1. The number of amides is 1. The Morgan fingerprint density at radius 1 is 1.06 bits per heavy atom. The number of carbonyl (C=O) groups is 1. The predicted molar refractivity (Wildman–Crippen MR) is 129 cm³/mol. The first-order chi connectivity index (χ1) is 16.4. The lowest BCUT2D eigenvalue weighted by atomic mass is 10.0. The number of fused-ring (bicyclic) bond motifs is 2. The van der Waals surface area contributed by atoms with Crippen LogP contribution in [0.5, 0.6) is 0 Å². The van der Waals surface area contributed by atoms with Crippen molar-refractivity contribution in [2.45, 2.75) is 6.92 Å². The summed E-state index contributed by atoms with van der Waals surface area (Å²) in [4.78, 5) is 40.2. The van der Waals surface area contributed by atoms with Gasteiger partial charge in [-0.2, -0.15) is 0 Å². The first kappa shape index (κ1) is 21.5. The van der Waals surface area contributed by atoms with E-state index in [1.807, 2.05) is 19.1 Å². The molecule has 0 aliphatic carbocycles. The first-order valence-corrected chi connectivity index (χ1v) is 10.5. The van der Waals surface area contributed by atoms with Crippen LogP contribution in [0.4, 0.5) is 21.6 Å². The van der Waals surface area contributed by atoms with Gasteiger partial charge in [0.25, 0.3) is 11.5 Å². The molecule has 0 unspecified atom stereocenters. The summed E-state index contributed by atoms with van der Waals surface area (Å²) in [5, 5.41) is 7.44. The number of carbonyl (C=O) groups excluding carboxylic acids is 1. The molecule has 34 heavy (non-hydrogen) atoms. The Hall–Kier alpha value is -4.37. The molecule has 0 radical (unpaired) electrons. The molecule has 3 heterocycles. The zero-order valence-electron chi connectivity index (χ0n) is 17.7. The van der Waals surface area contributed by atoms with Gasteiger partial charge in [0.05, 0.1) is 39.2 Å². The number of anilines is 3. The second-order valence-electron chi connectivity index (χ2n) is 7.51. The Labute approximate surface area is 196 Å². The largest absolute Gasteiger partial charge is 0.337 e. The predicted octanol–water partition coefficient (Wildman–Crippen LogP) is 4.96. The number of hydrogen-bond acceptors (Lipinski definition) is 6. The van der Waals surface area contributed by atoms with Crippen molar-refractivity contribution < 1.29 is 9.18 Å². The maximum atomic E-state index is 14.4. The van der Waals surface area contributed by atoms with Crippen LogP contribution in [-0.2, 0) is 0 Å². The highest BCUT2D eigenvalue weighted by molar-refractivity contribution is 6.31. The minimum atomic E-state index is -0.588. The SMILES string of the molecule is Cc1ccc2c(Nc3cccc(Cl)c3F)nccc2c1NC(=O)c1cncc2c(=O)[nH]cnc12. The van der Waals surface area contributed by atoms with E-state index in [9.17, 15) is 14.0 Å². The Bertz CT molecular complexity index is 1650. The van der Waals surface area contributed by atoms with Gasteiger partial charge in [-0.25, -0.2) is 14.4 Å². The fraction of sp³-hybridized carbons (Fsp3) is 0.0417. The molecule has 0 bridgehead atoms. The summed E-state index contributed by atoms with van der Waals surface area (Å²) < 4.78 is 14.4. The summed E-state index contributed by atoms with van der Waals surface area (Å²) in [5.74, 6) is -0.664. The van der Waals surface area contributed by atoms with Gasteiger partial charge in [-0.3, -0.25) is 14.6 Å². The van der Waals surface area contributed by atoms with Crippen LogP contribution in [0.2, 0.25) is 5.02 Å². The highest BCUT2D eigenvalue weighted by Gasteiger charge is 2.17. The van der Waals surface area contributed by atoms with Crippen molar-refractivity contribution in [1.82, 2.24) is 19.9 Å². The van der Waals surface area contributed by atoms with Crippen LogP contribution in [0.15, 0.2) is 66.1 Å². The lowest BCUT2D eigenvalue weighted by Gasteiger charge is -2.15. The molecule has 0 aliphatic heterocycles. The molecule has 0 saturated carbocycles. The van der Waals surface area contributed by atoms with Crippen molar-refractivity contribution in [3.8, 4) is 0 Å². The Morgan fingerprint density at radius 2 is 1.91 bits per heavy atom. The molecule has 0 fully saturated rings.